The van der Waals surface area contributed by atoms with Crippen LogP contribution >= 0.6 is 0 Å². The zero-order chi connectivity index (χ0) is 16.9. The Labute approximate surface area is 142 Å². The maximum absolute atomic E-state index is 12.7. The van der Waals surface area contributed by atoms with Crippen LogP contribution in [0.3, 0.4) is 0 Å². The Morgan fingerprint density at radius 1 is 1.17 bits per heavy atom. The summed E-state index contributed by atoms with van der Waals surface area (Å²) in [6.07, 6.45) is 2.39. The molecule has 126 valence electrons. The molecule has 1 N–H and O–H groups in total. The molecule has 0 aliphatic carbocycles. The highest BCUT2D eigenvalue weighted by molar-refractivity contribution is 5.79. The number of amides is 1. The monoisotopic (exact) mass is 325 g/mol. The van der Waals surface area contributed by atoms with Gasteiger partial charge in [0.25, 0.3) is 0 Å². The number of phenolic OH excluding ortho intramolecular Hbond substituents is 1. The predicted octanol–water partition coefficient (Wildman–Crippen LogP) is 3.70. The minimum atomic E-state index is 0.136. The zero-order valence-corrected chi connectivity index (χ0v) is 13.9. The molecule has 1 aliphatic rings. The number of carbonyl (C=O) groups excluding carboxylic acids is 1. The van der Waals surface area contributed by atoms with Crippen molar-refractivity contribution in [3.8, 4) is 11.5 Å². The third-order valence-corrected chi connectivity index (χ3v) is 4.44. The standard InChI is InChI=1S/C20H23NO3/c1-2-24-18-11-7-16(8-12-18)19-4-3-13-21(19)20(23)14-15-5-9-17(22)10-6-15/h5-12,19,22H,2-4,13-14H2,1H3. The lowest BCUT2D eigenvalue weighted by Gasteiger charge is -2.25. The van der Waals surface area contributed by atoms with Gasteiger partial charge in [0.2, 0.25) is 5.91 Å². The van der Waals surface area contributed by atoms with E-state index in [1.165, 1.54) is 0 Å². The summed E-state index contributed by atoms with van der Waals surface area (Å²) in [5.41, 5.74) is 2.09. The number of nitrogens with zero attached hydrogens (tertiary/aromatic N) is 1. The van der Waals surface area contributed by atoms with Gasteiger partial charge in [0.1, 0.15) is 11.5 Å². The van der Waals surface area contributed by atoms with E-state index >= 15 is 0 Å². The summed E-state index contributed by atoms with van der Waals surface area (Å²) in [4.78, 5) is 14.7. The minimum absolute atomic E-state index is 0.136. The molecule has 1 aliphatic heterocycles. The van der Waals surface area contributed by atoms with E-state index in [1.54, 1.807) is 24.3 Å². The van der Waals surface area contributed by atoms with Crippen molar-refractivity contribution in [2.24, 2.45) is 0 Å². The van der Waals surface area contributed by atoms with Crippen molar-refractivity contribution in [1.82, 2.24) is 4.90 Å². The molecule has 2 aromatic carbocycles. The van der Waals surface area contributed by atoms with E-state index in [9.17, 15) is 9.90 Å². The van der Waals surface area contributed by atoms with Crippen LogP contribution < -0.4 is 4.74 Å². The van der Waals surface area contributed by atoms with Crippen LogP contribution in [0.4, 0.5) is 0 Å². The van der Waals surface area contributed by atoms with E-state index < -0.39 is 0 Å². The summed E-state index contributed by atoms with van der Waals surface area (Å²) < 4.78 is 5.49. The Morgan fingerprint density at radius 3 is 2.54 bits per heavy atom. The highest BCUT2D eigenvalue weighted by Crippen LogP contribution is 2.33. The molecule has 24 heavy (non-hydrogen) atoms. The van der Waals surface area contributed by atoms with Crippen LogP contribution in [-0.4, -0.2) is 29.1 Å². The van der Waals surface area contributed by atoms with Gasteiger partial charge in [-0.2, -0.15) is 0 Å². The topological polar surface area (TPSA) is 49.8 Å². The zero-order valence-electron chi connectivity index (χ0n) is 13.9. The lowest BCUT2D eigenvalue weighted by molar-refractivity contribution is -0.131. The van der Waals surface area contributed by atoms with Crippen LogP contribution in [-0.2, 0) is 11.2 Å². The second kappa shape index (κ2) is 7.39. The van der Waals surface area contributed by atoms with Gasteiger partial charge in [0.15, 0.2) is 0 Å². The maximum atomic E-state index is 12.7. The molecule has 1 amide bonds. The van der Waals surface area contributed by atoms with Crippen molar-refractivity contribution in [2.75, 3.05) is 13.2 Å². The van der Waals surface area contributed by atoms with Crippen LogP contribution in [0.2, 0.25) is 0 Å². The largest absolute Gasteiger partial charge is 0.508 e. The number of rotatable bonds is 5. The molecule has 0 spiro atoms. The molecule has 1 atom stereocenters. The van der Waals surface area contributed by atoms with E-state index in [-0.39, 0.29) is 17.7 Å². The summed E-state index contributed by atoms with van der Waals surface area (Å²) >= 11 is 0. The Morgan fingerprint density at radius 2 is 1.88 bits per heavy atom. The van der Waals surface area contributed by atoms with Gasteiger partial charge in [-0.1, -0.05) is 24.3 Å². The number of aromatic hydroxyl groups is 1. The van der Waals surface area contributed by atoms with E-state index in [4.69, 9.17) is 4.74 Å². The van der Waals surface area contributed by atoms with Crippen molar-refractivity contribution >= 4 is 5.91 Å². The van der Waals surface area contributed by atoms with Gasteiger partial charge in [-0.3, -0.25) is 4.79 Å². The van der Waals surface area contributed by atoms with Crippen molar-refractivity contribution < 1.29 is 14.6 Å². The Balaban J connectivity index is 1.70. The molecule has 1 fully saturated rings. The van der Waals surface area contributed by atoms with Crippen LogP contribution in [0, 0.1) is 0 Å². The molecule has 4 nitrogen and oxygen atoms in total. The second-order valence-electron chi connectivity index (χ2n) is 6.09. The van der Waals surface area contributed by atoms with Gasteiger partial charge in [-0.15, -0.1) is 0 Å². The van der Waals surface area contributed by atoms with Gasteiger partial charge in [0.05, 0.1) is 19.1 Å². The molecule has 0 saturated carbocycles. The van der Waals surface area contributed by atoms with Gasteiger partial charge in [0, 0.05) is 6.54 Å². The molecule has 2 aromatic rings. The van der Waals surface area contributed by atoms with E-state index in [0.717, 1.165) is 36.3 Å². The average molecular weight is 325 g/mol. The van der Waals surface area contributed by atoms with Crippen LogP contribution in [0.25, 0.3) is 0 Å². The normalized spacial score (nSPS) is 17.0. The van der Waals surface area contributed by atoms with E-state index in [2.05, 4.69) is 12.1 Å². The number of phenols is 1. The summed E-state index contributed by atoms with van der Waals surface area (Å²) in [5, 5.41) is 9.35. The third-order valence-electron chi connectivity index (χ3n) is 4.44. The third kappa shape index (κ3) is 3.70. The smallest absolute Gasteiger partial charge is 0.227 e. The fraction of sp³-hybridized carbons (Fsp3) is 0.350. The van der Waals surface area contributed by atoms with Gasteiger partial charge >= 0.3 is 0 Å². The van der Waals surface area contributed by atoms with Crippen LogP contribution in [0.15, 0.2) is 48.5 Å². The number of hydrogen-bond acceptors (Lipinski definition) is 3. The number of likely N-dealkylation sites (tertiary alicyclic amines) is 1. The molecule has 1 heterocycles. The van der Waals surface area contributed by atoms with Gasteiger partial charge in [-0.05, 0) is 55.2 Å². The first-order valence-electron chi connectivity index (χ1n) is 8.47. The number of carbonyl (C=O) groups is 1. The van der Waals surface area contributed by atoms with Gasteiger partial charge in [-0.25, -0.2) is 0 Å². The summed E-state index contributed by atoms with van der Waals surface area (Å²) in [6.45, 7) is 3.42. The Hall–Kier alpha value is -2.49. The molecule has 0 radical (unpaired) electrons. The molecule has 1 saturated heterocycles. The summed E-state index contributed by atoms with van der Waals surface area (Å²) in [5.74, 6) is 1.22. The van der Waals surface area contributed by atoms with E-state index in [1.807, 2.05) is 24.0 Å². The number of hydrogen-bond donors (Lipinski definition) is 1. The lowest BCUT2D eigenvalue weighted by atomic mass is 10.0. The SMILES string of the molecule is CCOc1ccc(C2CCCN2C(=O)Cc2ccc(O)cc2)cc1. The quantitative estimate of drug-likeness (QED) is 0.912. The van der Waals surface area contributed by atoms with Crippen molar-refractivity contribution in [3.63, 3.8) is 0 Å². The highest BCUT2D eigenvalue weighted by atomic mass is 16.5. The lowest BCUT2D eigenvalue weighted by Crippen LogP contribution is -2.31. The Bertz CT molecular complexity index is 679. The average Bonchev–Trinajstić information content (AvgIpc) is 3.08. The van der Waals surface area contributed by atoms with E-state index in [0.29, 0.717) is 13.0 Å². The number of ether oxygens (including phenoxy) is 1. The minimum Gasteiger partial charge on any atom is -0.508 e. The first-order chi connectivity index (χ1) is 11.7. The summed E-state index contributed by atoms with van der Waals surface area (Å²) in [6, 6.07) is 15.0. The van der Waals surface area contributed by atoms with Crippen LogP contribution in [0.5, 0.6) is 11.5 Å². The molecule has 0 aromatic heterocycles. The number of benzene rings is 2. The Kier molecular flexibility index (Phi) is 5.04. The fourth-order valence-corrected chi connectivity index (χ4v) is 3.25. The highest BCUT2D eigenvalue weighted by Gasteiger charge is 2.29. The predicted molar refractivity (Wildman–Crippen MR) is 93.1 cm³/mol. The molecule has 4 heteroatoms. The first-order valence-corrected chi connectivity index (χ1v) is 8.47. The second-order valence-corrected chi connectivity index (χ2v) is 6.09. The first kappa shape index (κ1) is 16.4. The molecule has 3 rings (SSSR count). The fourth-order valence-electron chi connectivity index (χ4n) is 3.25. The molecule has 0 bridgehead atoms. The molecular formula is C20H23NO3. The van der Waals surface area contributed by atoms with Crippen molar-refractivity contribution in [1.29, 1.82) is 0 Å². The van der Waals surface area contributed by atoms with Crippen LogP contribution in [0.1, 0.15) is 36.9 Å². The molecular weight excluding hydrogens is 302 g/mol. The summed E-state index contributed by atoms with van der Waals surface area (Å²) in [7, 11) is 0. The molecule has 1 unspecified atom stereocenters. The van der Waals surface area contributed by atoms with Crippen molar-refractivity contribution in [2.45, 2.75) is 32.2 Å². The maximum Gasteiger partial charge on any atom is 0.227 e. The van der Waals surface area contributed by atoms with Crippen molar-refractivity contribution in [3.05, 3.63) is 59.7 Å². The van der Waals surface area contributed by atoms with Gasteiger partial charge < -0.3 is 14.7 Å².